The van der Waals surface area contributed by atoms with Crippen LogP contribution in [0.3, 0.4) is 0 Å². The van der Waals surface area contributed by atoms with E-state index in [0.29, 0.717) is 17.6 Å². The highest BCUT2D eigenvalue weighted by Crippen LogP contribution is 2.36. The monoisotopic (exact) mass is 456 g/mol. The van der Waals surface area contributed by atoms with Gasteiger partial charge in [-0.2, -0.15) is 4.39 Å². The van der Waals surface area contributed by atoms with Crippen molar-refractivity contribution >= 4 is 12.2 Å². The zero-order valence-electron chi connectivity index (χ0n) is 18.1. The Bertz CT molecular complexity index is 1150. The van der Waals surface area contributed by atoms with Crippen LogP contribution in [0.1, 0.15) is 11.1 Å². The molecular weight excluding hydrogens is 433 g/mol. The molecule has 0 saturated heterocycles. The Balaban J connectivity index is 2.22. The summed E-state index contributed by atoms with van der Waals surface area (Å²) in [4.78, 5) is 22.2. The van der Waals surface area contributed by atoms with E-state index in [9.17, 15) is 18.0 Å². The molecule has 33 heavy (non-hydrogen) atoms. The molecule has 9 heteroatoms. The van der Waals surface area contributed by atoms with Gasteiger partial charge in [-0.05, 0) is 47.5 Å². The molecular formula is C24H23F3N4O2. The van der Waals surface area contributed by atoms with Crippen LogP contribution < -0.4 is 10.5 Å². The molecule has 0 amide bonds. The van der Waals surface area contributed by atoms with Crippen LogP contribution >= 0.6 is 0 Å². The second kappa shape index (κ2) is 10.2. The second-order valence-electron chi connectivity index (χ2n) is 7.35. The van der Waals surface area contributed by atoms with Crippen molar-refractivity contribution in [3.05, 3.63) is 83.7 Å². The van der Waals surface area contributed by atoms with Gasteiger partial charge < -0.3 is 15.4 Å². The molecule has 0 aliphatic heterocycles. The molecule has 0 fully saturated rings. The van der Waals surface area contributed by atoms with Gasteiger partial charge in [0.15, 0.2) is 17.8 Å². The predicted octanol–water partition coefficient (Wildman–Crippen LogP) is 3.69. The molecule has 0 aliphatic carbocycles. The van der Waals surface area contributed by atoms with Crippen LogP contribution in [0.2, 0.25) is 0 Å². The van der Waals surface area contributed by atoms with Crippen molar-refractivity contribution < 1.29 is 22.7 Å². The van der Waals surface area contributed by atoms with Gasteiger partial charge in [0.1, 0.15) is 24.8 Å². The summed E-state index contributed by atoms with van der Waals surface area (Å²) in [6.45, 7) is -0.755. The summed E-state index contributed by atoms with van der Waals surface area (Å²) in [5, 5.41) is 0. The number of hydrogen-bond acceptors (Lipinski definition) is 4. The number of halogens is 3. The minimum atomic E-state index is -1.67. The average molecular weight is 456 g/mol. The third-order valence-corrected chi connectivity index (χ3v) is 5.02. The maximum absolute atomic E-state index is 14.7. The van der Waals surface area contributed by atoms with Gasteiger partial charge in [-0.15, -0.1) is 0 Å². The van der Waals surface area contributed by atoms with E-state index in [1.54, 1.807) is 38.4 Å². The standard InChI is InChI=1S/C24H23F3N4O2/c1-31(2)23(28)30-24(15-32,16-5-8-18(9-6-16)33-13-11-25)17-7-10-21(26)20(14-17)19-4-3-12-29-22(19)27/h3-10,12,14-15H,11,13H2,1-2H3,(H2,28,30). The van der Waals surface area contributed by atoms with Crippen molar-refractivity contribution in [2.24, 2.45) is 10.7 Å². The van der Waals surface area contributed by atoms with E-state index in [2.05, 4.69) is 9.98 Å². The first-order valence-electron chi connectivity index (χ1n) is 10.0. The summed E-state index contributed by atoms with van der Waals surface area (Å²) in [5.74, 6) is -1.10. The summed E-state index contributed by atoms with van der Waals surface area (Å²) in [6.07, 6.45) is 1.84. The van der Waals surface area contributed by atoms with Gasteiger partial charge in [-0.3, -0.25) is 4.79 Å². The third-order valence-electron chi connectivity index (χ3n) is 5.02. The number of carbonyl (C=O) groups is 1. The fraction of sp³-hybridized carbons (Fsp3) is 0.208. The summed E-state index contributed by atoms with van der Waals surface area (Å²) >= 11 is 0. The van der Waals surface area contributed by atoms with Gasteiger partial charge in [-0.25, -0.2) is 18.8 Å². The van der Waals surface area contributed by atoms with Crippen molar-refractivity contribution in [2.45, 2.75) is 5.54 Å². The molecule has 0 bridgehead atoms. The predicted molar refractivity (Wildman–Crippen MR) is 120 cm³/mol. The van der Waals surface area contributed by atoms with E-state index in [1.165, 1.54) is 35.4 Å². The Kier molecular flexibility index (Phi) is 7.32. The van der Waals surface area contributed by atoms with Crippen molar-refractivity contribution in [3.63, 3.8) is 0 Å². The number of aliphatic imine (C=N–C) groups is 1. The van der Waals surface area contributed by atoms with Crippen LogP contribution in [-0.2, 0) is 10.3 Å². The summed E-state index contributed by atoms with van der Waals surface area (Å²) in [6, 6.07) is 13.0. The molecule has 0 spiro atoms. The first-order valence-corrected chi connectivity index (χ1v) is 10.0. The van der Waals surface area contributed by atoms with Crippen molar-refractivity contribution in [2.75, 3.05) is 27.4 Å². The second-order valence-corrected chi connectivity index (χ2v) is 7.35. The SMILES string of the molecule is CN(C)C(N)=NC(C=O)(c1ccc(OCCF)cc1)c1ccc(F)c(-c2cccnc2F)c1. The quantitative estimate of drug-likeness (QED) is 0.242. The molecule has 1 aromatic heterocycles. The molecule has 3 rings (SSSR count). The van der Waals surface area contributed by atoms with Crippen molar-refractivity contribution in [1.82, 2.24) is 9.88 Å². The first-order chi connectivity index (χ1) is 15.8. The molecule has 2 aromatic carbocycles. The molecule has 1 atom stereocenters. The molecule has 1 heterocycles. The summed E-state index contributed by atoms with van der Waals surface area (Å²) < 4.78 is 46.7. The summed E-state index contributed by atoms with van der Waals surface area (Å²) in [5.41, 5.74) is 4.91. The number of aromatic nitrogens is 1. The van der Waals surface area contributed by atoms with Crippen LogP contribution in [0.25, 0.3) is 11.1 Å². The van der Waals surface area contributed by atoms with Gasteiger partial charge in [0.05, 0.1) is 0 Å². The highest BCUT2D eigenvalue weighted by Gasteiger charge is 2.35. The number of benzene rings is 2. The number of nitrogens with zero attached hydrogens (tertiary/aromatic N) is 3. The minimum absolute atomic E-state index is 0.0401. The van der Waals surface area contributed by atoms with E-state index in [0.717, 1.165) is 6.07 Å². The molecule has 0 radical (unpaired) electrons. The van der Waals surface area contributed by atoms with Crippen molar-refractivity contribution in [3.8, 4) is 16.9 Å². The van der Waals surface area contributed by atoms with E-state index < -0.39 is 24.0 Å². The highest BCUT2D eigenvalue weighted by atomic mass is 19.1. The average Bonchev–Trinajstić information content (AvgIpc) is 2.82. The van der Waals surface area contributed by atoms with Gasteiger partial charge >= 0.3 is 0 Å². The molecule has 3 aromatic rings. The topological polar surface area (TPSA) is 80.8 Å². The van der Waals surface area contributed by atoms with Gasteiger partial charge in [0, 0.05) is 31.4 Å². The van der Waals surface area contributed by atoms with E-state index in [-0.39, 0.29) is 29.3 Å². The lowest BCUT2D eigenvalue weighted by Crippen LogP contribution is -2.37. The lowest BCUT2D eigenvalue weighted by atomic mass is 9.83. The molecule has 0 saturated carbocycles. The number of guanidine groups is 1. The number of pyridine rings is 1. The lowest BCUT2D eigenvalue weighted by molar-refractivity contribution is -0.111. The zero-order chi connectivity index (χ0) is 24.0. The van der Waals surface area contributed by atoms with E-state index >= 15 is 0 Å². The highest BCUT2D eigenvalue weighted by molar-refractivity contribution is 5.85. The maximum Gasteiger partial charge on any atom is 0.220 e. The molecule has 2 N–H and O–H groups in total. The Morgan fingerprint density at radius 2 is 1.82 bits per heavy atom. The van der Waals surface area contributed by atoms with Crippen LogP contribution in [0.15, 0.2) is 65.8 Å². The van der Waals surface area contributed by atoms with Gasteiger partial charge in [0.2, 0.25) is 5.95 Å². The van der Waals surface area contributed by atoms with Crippen LogP contribution in [-0.4, -0.2) is 49.5 Å². The number of carbonyl (C=O) groups excluding carboxylic acids is 1. The van der Waals surface area contributed by atoms with Gasteiger partial charge in [0.25, 0.3) is 0 Å². The summed E-state index contributed by atoms with van der Waals surface area (Å²) in [7, 11) is 3.31. The minimum Gasteiger partial charge on any atom is -0.491 e. The van der Waals surface area contributed by atoms with Crippen LogP contribution in [0.4, 0.5) is 13.2 Å². The number of alkyl halides is 1. The molecule has 6 nitrogen and oxygen atoms in total. The van der Waals surface area contributed by atoms with Crippen LogP contribution in [0, 0.1) is 11.8 Å². The molecule has 172 valence electrons. The van der Waals surface area contributed by atoms with Gasteiger partial charge in [-0.1, -0.05) is 18.2 Å². The van der Waals surface area contributed by atoms with Crippen molar-refractivity contribution in [1.29, 1.82) is 0 Å². The van der Waals surface area contributed by atoms with E-state index in [1.807, 2.05) is 0 Å². The fourth-order valence-corrected chi connectivity index (χ4v) is 3.26. The first kappa shape index (κ1) is 23.8. The number of rotatable bonds is 8. The number of aldehydes is 1. The molecule has 0 aliphatic rings. The zero-order valence-corrected chi connectivity index (χ0v) is 18.1. The van der Waals surface area contributed by atoms with E-state index in [4.69, 9.17) is 10.5 Å². The maximum atomic E-state index is 14.7. The lowest BCUT2D eigenvalue weighted by Gasteiger charge is -2.28. The van der Waals surface area contributed by atoms with Crippen LogP contribution in [0.5, 0.6) is 5.75 Å². The Hall–Kier alpha value is -3.88. The Morgan fingerprint density at radius 3 is 2.42 bits per heavy atom. The number of ether oxygens (including phenoxy) is 1. The Morgan fingerprint density at radius 1 is 1.12 bits per heavy atom. The number of hydrogen-bond donors (Lipinski definition) is 1. The largest absolute Gasteiger partial charge is 0.491 e. The Labute approximate surface area is 189 Å². The third kappa shape index (κ3) is 4.97. The normalized spacial score (nSPS) is 13.3. The smallest absolute Gasteiger partial charge is 0.220 e. The molecule has 1 unspecified atom stereocenters. The fourth-order valence-electron chi connectivity index (χ4n) is 3.26. The number of nitrogens with two attached hydrogens (primary N) is 1.